The van der Waals surface area contributed by atoms with Crippen molar-refractivity contribution in [3.63, 3.8) is 0 Å². The van der Waals surface area contributed by atoms with Gasteiger partial charge in [0.25, 0.3) is 0 Å². The molecule has 0 unspecified atom stereocenters. The van der Waals surface area contributed by atoms with Gasteiger partial charge in [0.05, 0.1) is 17.0 Å². The summed E-state index contributed by atoms with van der Waals surface area (Å²) in [6, 6.07) is 6.63. The van der Waals surface area contributed by atoms with Crippen LogP contribution >= 0.6 is 0 Å². The van der Waals surface area contributed by atoms with Gasteiger partial charge in [-0.15, -0.1) is 0 Å². The maximum Gasteiger partial charge on any atom is 0.416 e. The van der Waals surface area contributed by atoms with E-state index in [0.29, 0.717) is 17.8 Å². The predicted octanol–water partition coefficient (Wildman–Crippen LogP) is 5.33. The highest BCUT2D eigenvalue weighted by Gasteiger charge is 2.38. The van der Waals surface area contributed by atoms with E-state index in [9.17, 15) is 35.9 Å². The standard InChI is InChI=1S/C22H20F6N2O2/c1-12-3-13(2)5-18(4-12)29-20(32)15-8-19(31)30(11-15)10-14-6-16(21(23,24)25)9-17(7-14)22(26,27)28/h3-7,9,15H,8,10-11H2,1-2H3,(H,29,32)/t15-/m0/s1. The molecule has 1 heterocycles. The molecule has 4 nitrogen and oxygen atoms in total. The molecule has 0 aromatic heterocycles. The lowest BCUT2D eigenvalue weighted by Crippen LogP contribution is -2.28. The second-order valence-electron chi connectivity index (χ2n) is 7.96. The molecule has 32 heavy (non-hydrogen) atoms. The van der Waals surface area contributed by atoms with Gasteiger partial charge in [0.1, 0.15) is 0 Å². The van der Waals surface area contributed by atoms with Crippen LogP contribution in [0.2, 0.25) is 0 Å². The summed E-state index contributed by atoms with van der Waals surface area (Å²) in [5.41, 5.74) is -0.804. The SMILES string of the molecule is Cc1cc(C)cc(NC(=O)[C@H]2CC(=O)N(Cc3cc(C(F)(F)F)cc(C(F)(F)F)c3)C2)c1. The molecule has 2 aromatic rings. The van der Waals surface area contributed by atoms with Gasteiger partial charge in [-0.2, -0.15) is 26.3 Å². The normalized spacial score (nSPS) is 17.1. The molecule has 2 amide bonds. The Morgan fingerprint density at radius 1 is 0.938 bits per heavy atom. The van der Waals surface area contributed by atoms with Gasteiger partial charge < -0.3 is 10.2 Å². The number of alkyl halides is 6. The monoisotopic (exact) mass is 458 g/mol. The minimum Gasteiger partial charge on any atom is -0.338 e. The number of aryl methyl sites for hydroxylation is 2. The lowest BCUT2D eigenvalue weighted by molar-refractivity contribution is -0.143. The fraction of sp³-hybridized carbons (Fsp3) is 0.364. The van der Waals surface area contributed by atoms with E-state index in [0.717, 1.165) is 16.0 Å². The minimum absolute atomic E-state index is 0.0371. The van der Waals surface area contributed by atoms with Crippen LogP contribution < -0.4 is 5.32 Å². The summed E-state index contributed by atoms with van der Waals surface area (Å²) < 4.78 is 78.3. The number of amides is 2. The third kappa shape index (κ3) is 5.60. The molecule has 2 aromatic carbocycles. The number of anilines is 1. The molecule has 3 rings (SSSR count). The van der Waals surface area contributed by atoms with Crippen LogP contribution in [0.25, 0.3) is 0 Å². The van der Waals surface area contributed by atoms with E-state index in [4.69, 9.17) is 0 Å². The van der Waals surface area contributed by atoms with Gasteiger partial charge >= 0.3 is 12.4 Å². The molecule has 1 aliphatic heterocycles. The topological polar surface area (TPSA) is 49.4 Å². The predicted molar refractivity (Wildman–Crippen MR) is 105 cm³/mol. The zero-order valence-corrected chi connectivity index (χ0v) is 17.2. The number of nitrogens with one attached hydrogen (secondary N) is 1. The molecule has 10 heteroatoms. The van der Waals surface area contributed by atoms with Crippen molar-refractivity contribution in [1.82, 2.24) is 4.90 Å². The fourth-order valence-corrected chi connectivity index (χ4v) is 3.72. The summed E-state index contributed by atoms with van der Waals surface area (Å²) in [5, 5.41) is 2.71. The summed E-state index contributed by atoms with van der Waals surface area (Å²) >= 11 is 0. The molecule has 1 aliphatic rings. The maximum atomic E-state index is 13.1. The summed E-state index contributed by atoms with van der Waals surface area (Å²) in [6.07, 6.45) is -10.1. The number of carbonyl (C=O) groups is 2. The van der Waals surface area contributed by atoms with Gasteiger partial charge in [-0.05, 0) is 60.9 Å². The number of likely N-dealkylation sites (tertiary alicyclic amines) is 1. The third-order valence-electron chi connectivity index (χ3n) is 5.10. The quantitative estimate of drug-likeness (QED) is 0.630. The van der Waals surface area contributed by atoms with Crippen molar-refractivity contribution in [2.45, 2.75) is 39.2 Å². The number of hydrogen-bond donors (Lipinski definition) is 1. The first-order valence-electron chi connectivity index (χ1n) is 9.67. The van der Waals surface area contributed by atoms with Crippen molar-refractivity contribution in [3.8, 4) is 0 Å². The van der Waals surface area contributed by atoms with Gasteiger partial charge in [0.2, 0.25) is 11.8 Å². The number of halogens is 6. The van der Waals surface area contributed by atoms with Crippen molar-refractivity contribution >= 4 is 17.5 Å². The summed E-state index contributed by atoms with van der Waals surface area (Å²) in [5.74, 6) is -1.72. The summed E-state index contributed by atoms with van der Waals surface area (Å²) in [4.78, 5) is 26.0. The van der Waals surface area contributed by atoms with Crippen molar-refractivity contribution in [3.05, 3.63) is 64.2 Å². The van der Waals surface area contributed by atoms with Crippen LogP contribution in [0.4, 0.5) is 32.0 Å². The highest BCUT2D eigenvalue weighted by atomic mass is 19.4. The number of rotatable bonds is 4. The first kappa shape index (κ1) is 23.6. The molecule has 1 N–H and O–H groups in total. The van der Waals surface area contributed by atoms with Crippen LogP contribution in [-0.4, -0.2) is 23.3 Å². The van der Waals surface area contributed by atoms with Gasteiger partial charge in [0.15, 0.2) is 0 Å². The zero-order chi connectivity index (χ0) is 23.8. The highest BCUT2D eigenvalue weighted by Crippen LogP contribution is 2.37. The second-order valence-corrected chi connectivity index (χ2v) is 7.96. The molecule has 0 spiro atoms. The molecule has 1 saturated heterocycles. The Hall–Kier alpha value is -3.04. The van der Waals surface area contributed by atoms with E-state index in [2.05, 4.69) is 5.32 Å². The van der Waals surface area contributed by atoms with Crippen LogP contribution in [0, 0.1) is 19.8 Å². The molecule has 0 radical (unpaired) electrons. The zero-order valence-electron chi connectivity index (χ0n) is 17.2. The highest BCUT2D eigenvalue weighted by molar-refractivity contribution is 5.97. The number of carbonyl (C=O) groups excluding carboxylic acids is 2. The summed E-state index contributed by atoms with van der Waals surface area (Å²) in [6.45, 7) is 3.15. The summed E-state index contributed by atoms with van der Waals surface area (Å²) in [7, 11) is 0. The second kappa shape index (κ2) is 8.48. The van der Waals surface area contributed by atoms with Gasteiger partial charge in [0, 0.05) is 25.2 Å². The van der Waals surface area contributed by atoms with E-state index < -0.39 is 47.8 Å². The molecule has 1 fully saturated rings. The Labute approximate surface area is 180 Å². The van der Waals surface area contributed by atoms with Gasteiger partial charge in [-0.3, -0.25) is 9.59 Å². The van der Waals surface area contributed by atoms with Crippen molar-refractivity contribution in [2.75, 3.05) is 11.9 Å². The van der Waals surface area contributed by atoms with Crippen LogP contribution in [-0.2, 0) is 28.5 Å². The minimum atomic E-state index is -4.97. The van der Waals surface area contributed by atoms with Crippen LogP contribution in [0.3, 0.4) is 0 Å². The first-order chi connectivity index (χ1) is 14.7. The first-order valence-corrected chi connectivity index (χ1v) is 9.67. The lowest BCUT2D eigenvalue weighted by atomic mass is 10.0. The fourth-order valence-electron chi connectivity index (χ4n) is 3.72. The largest absolute Gasteiger partial charge is 0.416 e. The Balaban J connectivity index is 1.76. The molecule has 0 aliphatic carbocycles. The van der Waals surface area contributed by atoms with E-state index in [1.54, 1.807) is 12.1 Å². The molecular formula is C22H20F6N2O2. The third-order valence-corrected chi connectivity index (χ3v) is 5.10. The van der Waals surface area contributed by atoms with E-state index in [1.807, 2.05) is 19.9 Å². The maximum absolute atomic E-state index is 13.1. The number of benzene rings is 2. The van der Waals surface area contributed by atoms with Crippen LogP contribution in [0.1, 0.15) is 34.2 Å². The van der Waals surface area contributed by atoms with E-state index >= 15 is 0 Å². The van der Waals surface area contributed by atoms with Gasteiger partial charge in [-0.1, -0.05) is 6.07 Å². The molecule has 0 bridgehead atoms. The Morgan fingerprint density at radius 2 is 1.47 bits per heavy atom. The van der Waals surface area contributed by atoms with Gasteiger partial charge in [-0.25, -0.2) is 0 Å². The Morgan fingerprint density at radius 3 is 1.97 bits per heavy atom. The molecular weight excluding hydrogens is 438 g/mol. The van der Waals surface area contributed by atoms with Crippen LogP contribution in [0.5, 0.6) is 0 Å². The Kier molecular flexibility index (Phi) is 6.26. The smallest absolute Gasteiger partial charge is 0.338 e. The average molecular weight is 458 g/mol. The molecule has 1 atom stereocenters. The van der Waals surface area contributed by atoms with Crippen LogP contribution in [0.15, 0.2) is 36.4 Å². The average Bonchev–Trinajstić information content (AvgIpc) is 3.00. The molecule has 172 valence electrons. The van der Waals surface area contributed by atoms with E-state index in [-0.39, 0.29) is 24.6 Å². The number of hydrogen-bond acceptors (Lipinski definition) is 2. The van der Waals surface area contributed by atoms with Crippen molar-refractivity contribution < 1.29 is 35.9 Å². The van der Waals surface area contributed by atoms with Crippen molar-refractivity contribution in [1.29, 1.82) is 0 Å². The van der Waals surface area contributed by atoms with Crippen molar-refractivity contribution in [2.24, 2.45) is 5.92 Å². The lowest BCUT2D eigenvalue weighted by Gasteiger charge is -2.19. The molecule has 0 saturated carbocycles. The number of nitrogens with zero attached hydrogens (tertiary/aromatic N) is 1. The Bertz CT molecular complexity index is 993. The van der Waals surface area contributed by atoms with E-state index in [1.165, 1.54) is 0 Å².